The van der Waals surface area contributed by atoms with Crippen molar-refractivity contribution in [3.05, 3.63) is 41.1 Å². The lowest BCUT2D eigenvalue weighted by molar-refractivity contribution is -0.123. The first-order chi connectivity index (χ1) is 19.2. The van der Waals surface area contributed by atoms with Crippen LogP contribution in [0, 0.1) is 16.7 Å². The van der Waals surface area contributed by atoms with Gasteiger partial charge in [0.05, 0.1) is 26.9 Å². The van der Waals surface area contributed by atoms with Crippen LogP contribution in [0.1, 0.15) is 75.9 Å². The van der Waals surface area contributed by atoms with Crippen LogP contribution in [-0.2, 0) is 22.4 Å². The second kappa shape index (κ2) is 12.7. The maximum absolute atomic E-state index is 13.4. The van der Waals surface area contributed by atoms with Crippen molar-refractivity contribution in [1.29, 1.82) is 0 Å². The number of allylic oxidation sites excluding steroid dienone is 2. The van der Waals surface area contributed by atoms with Crippen molar-refractivity contribution < 1.29 is 28.6 Å². The lowest BCUT2D eigenvalue weighted by Gasteiger charge is -2.21. The number of ketones is 1. The number of nitrogens with one attached hydrogen (secondary N) is 2. The molecular weight excluding hydrogens is 524 g/mol. The molecule has 0 radical (unpaired) electrons. The summed E-state index contributed by atoms with van der Waals surface area (Å²) < 4.78 is 16.8. The summed E-state index contributed by atoms with van der Waals surface area (Å²) in [5.41, 5.74) is 0.374. The van der Waals surface area contributed by atoms with E-state index in [-0.39, 0.29) is 29.4 Å². The van der Waals surface area contributed by atoms with Gasteiger partial charge in [-0.15, -0.1) is 0 Å². The standard InChI is InChI=1S/C31H42N4O6/c1-30(2,3)27(37)33-26-20(17-32-29(34-26)35-28(38)31(4,5)6)14-13-19-16-22(39-7)24(40-8)25(41-9)23(19)21(36)15-12-18-10-11-18/h12,15-18H,10-11,13-14H2,1-9H3,(H2,32,33,34,35,37,38). The number of amides is 2. The molecule has 1 aromatic heterocycles. The summed E-state index contributed by atoms with van der Waals surface area (Å²) in [4.78, 5) is 47.7. The highest BCUT2D eigenvalue weighted by Gasteiger charge is 2.27. The van der Waals surface area contributed by atoms with Gasteiger partial charge in [0.1, 0.15) is 5.82 Å². The second-order valence-electron chi connectivity index (χ2n) is 12.2. The molecule has 0 bridgehead atoms. The third-order valence-electron chi connectivity index (χ3n) is 6.65. The number of hydrogen-bond acceptors (Lipinski definition) is 8. The molecule has 1 saturated carbocycles. The van der Waals surface area contributed by atoms with Crippen LogP contribution in [-0.4, -0.2) is 48.9 Å². The first-order valence-corrected chi connectivity index (χ1v) is 13.7. The maximum atomic E-state index is 13.4. The van der Waals surface area contributed by atoms with Crippen molar-refractivity contribution in [2.24, 2.45) is 16.7 Å². The Morgan fingerprint density at radius 3 is 2.00 bits per heavy atom. The molecule has 10 nitrogen and oxygen atoms in total. The molecule has 0 spiro atoms. The number of aryl methyl sites for hydroxylation is 2. The first-order valence-electron chi connectivity index (χ1n) is 13.7. The largest absolute Gasteiger partial charge is 0.493 e. The van der Waals surface area contributed by atoms with E-state index >= 15 is 0 Å². The fourth-order valence-electron chi connectivity index (χ4n) is 3.88. The number of anilines is 2. The summed E-state index contributed by atoms with van der Waals surface area (Å²) in [6, 6.07) is 1.77. The Hall–Kier alpha value is -3.95. The van der Waals surface area contributed by atoms with Gasteiger partial charge >= 0.3 is 0 Å². The van der Waals surface area contributed by atoms with Crippen molar-refractivity contribution in [2.75, 3.05) is 32.0 Å². The van der Waals surface area contributed by atoms with Crippen LogP contribution in [0.3, 0.4) is 0 Å². The van der Waals surface area contributed by atoms with Gasteiger partial charge in [0, 0.05) is 22.6 Å². The Balaban J connectivity index is 2.02. The van der Waals surface area contributed by atoms with Gasteiger partial charge in [0.25, 0.3) is 0 Å². The van der Waals surface area contributed by atoms with E-state index in [2.05, 4.69) is 20.6 Å². The number of benzene rings is 1. The minimum Gasteiger partial charge on any atom is -0.493 e. The summed E-state index contributed by atoms with van der Waals surface area (Å²) in [5, 5.41) is 5.61. The molecule has 0 saturated heterocycles. The molecule has 1 fully saturated rings. The normalized spacial score (nSPS) is 13.6. The van der Waals surface area contributed by atoms with Crippen molar-refractivity contribution in [1.82, 2.24) is 9.97 Å². The number of rotatable bonds is 11. The van der Waals surface area contributed by atoms with Gasteiger partial charge in [-0.2, -0.15) is 4.98 Å². The highest BCUT2D eigenvalue weighted by molar-refractivity contribution is 6.08. The number of hydrogen-bond donors (Lipinski definition) is 2. The maximum Gasteiger partial charge on any atom is 0.232 e. The third kappa shape index (κ3) is 8.05. The van der Waals surface area contributed by atoms with Gasteiger partial charge in [-0.25, -0.2) is 4.98 Å². The van der Waals surface area contributed by atoms with E-state index in [1.165, 1.54) is 21.3 Å². The quantitative estimate of drug-likeness (QED) is 0.273. The lowest BCUT2D eigenvalue weighted by atomic mass is 9.94. The molecule has 0 unspecified atom stereocenters. The van der Waals surface area contributed by atoms with Crippen molar-refractivity contribution in [2.45, 2.75) is 67.2 Å². The smallest absolute Gasteiger partial charge is 0.232 e. The van der Waals surface area contributed by atoms with Crippen LogP contribution in [0.15, 0.2) is 24.4 Å². The van der Waals surface area contributed by atoms with Crippen LogP contribution >= 0.6 is 0 Å². The number of carbonyl (C=O) groups excluding carboxylic acids is 3. The molecule has 2 N–H and O–H groups in total. The van der Waals surface area contributed by atoms with E-state index in [1.54, 1.807) is 59.9 Å². The number of nitrogens with zero attached hydrogens (tertiary/aromatic N) is 2. The van der Waals surface area contributed by atoms with Gasteiger partial charge in [0.2, 0.25) is 23.5 Å². The highest BCUT2D eigenvalue weighted by Crippen LogP contribution is 2.43. The van der Waals surface area contributed by atoms with Crippen LogP contribution < -0.4 is 24.8 Å². The highest BCUT2D eigenvalue weighted by atomic mass is 16.5. The van der Waals surface area contributed by atoms with Crippen molar-refractivity contribution in [3.8, 4) is 17.2 Å². The summed E-state index contributed by atoms with van der Waals surface area (Å²) in [7, 11) is 4.50. The summed E-state index contributed by atoms with van der Waals surface area (Å²) in [5.74, 6) is 1.19. The van der Waals surface area contributed by atoms with E-state index in [1.807, 2.05) is 6.08 Å². The molecule has 1 heterocycles. The number of carbonyl (C=O) groups is 3. The van der Waals surface area contributed by atoms with Crippen molar-refractivity contribution in [3.63, 3.8) is 0 Å². The Morgan fingerprint density at radius 2 is 1.46 bits per heavy atom. The molecule has 1 aliphatic rings. The van der Waals surface area contributed by atoms with E-state index < -0.39 is 10.8 Å². The molecule has 2 aromatic rings. The van der Waals surface area contributed by atoms with Crippen molar-refractivity contribution >= 4 is 29.4 Å². The minimum atomic E-state index is -0.679. The number of ether oxygens (including phenoxy) is 3. The van der Waals surface area contributed by atoms with Gasteiger partial charge in [-0.1, -0.05) is 47.6 Å². The Bertz CT molecular complexity index is 1330. The summed E-state index contributed by atoms with van der Waals surface area (Å²) in [6.45, 7) is 10.8. The molecule has 3 rings (SSSR count). The second-order valence-corrected chi connectivity index (χ2v) is 12.2. The Labute approximate surface area is 242 Å². The predicted octanol–water partition coefficient (Wildman–Crippen LogP) is 5.41. The average Bonchev–Trinajstić information content (AvgIpc) is 3.73. The molecule has 222 valence electrons. The minimum absolute atomic E-state index is 0.0896. The SMILES string of the molecule is COc1cc(CCc2cnc(NC(=O)C(C)(C)C)nc2NC(=O)C(C)(C)C)c(C(=O)C=CC2CC2)c(OC)c1OC. The third-order valence-corrected chi connectivity index (χ3v) is 6.65. The zero-order valence-electron chi connectivity index (χ0n) is 25.6. The number of aromatic nitrogens is 2. The summed E-state index contributed by atoms with van der Waals surface area (Å²) >= 11 is 0. The Morgan fingerprint density at radius 1 is 0.878 bits per heavy atom. The average molecular weight is 567 g/mol. The van der Waals surface area contributed by atoms with Crippen LogP contribution in [0.2, 0.25) is 0 Å². The molecule has 10 heteroatoms. The lowest BCUT2D eigenvalue weighted by Crippen LogP contribution is -2.30. The van der Waals surface area contributed by atoms with E-state index in [0.717, 1.165) is 12.8 Å². The van der Waals surface area contributed by atoms with Gasteiger partial charge in [0.15, 0.2) is 17.3 Å². The van der Waals surface area contributed by atoms with E-state index in [0.29, 0.717) is 52.7 Å². The van der Waals surface area contributed by atoms with Crippen LogP contribution in [0.4, 0.5) is 11.8 Å². The molecule has 41 heavy (non-hydrogen) atoms. The zero-order valence-corrected chi connectivity index (χ0v) is 25.6. The topological polar surface area (TPSA) is 129 Å². The van der Waals surface area contributed by atoms with E-state index in [4.69, 9.17) is 14.2 Å². The van der Waals surface area contributed by atoms with Crippen LogP contribution in [0.5, 0.6) is 17.2 Å². The first kappa shape index (κ1) is 31.6. The summed E-state index contributed by atoms with van der Waals surface area (Å²) in [6.07, 6.45) is 8.01. The predicted molar refractivity (Wildman–Crippen MR) is 158 cm³/mol. The fourth-order valence-corrected chi connectivity index (χ4v) is 3.88. The van der Waals surface area contributed by atoms with E-state index in [9.17, 15) is 14.4 Å². The van der Waals surface area contributed by atoms with Crippen LogP contribution in [0.25, 0.3) is 0 Å². The van der Waals surface area contributed by atoms with Gasteiger partial charge in [-0.3, -0.25) is 19.7 Å². The number of methoxy groups -OCH3 is 3. The monoisotopic (exact) mass is 566 g/mol. The zero-order chi connectivity index (χ0) is 30.5. The molecule has 2 amide bonds. The molecule has 0 aliphatic heterocycles. The molecule has 0 atom stereocenters. The Kier molecular flexibility index (Phi) is 9.78. The molecule has 1 aromatic carbocycles. The fraction of sp³-hybridized carbons (Fsp3) is 0.516. The van der Waals surface area contributed by atoms with Gasteiger partial charge < -0.3 is 19.5 Å². The van der Waals surface area contributed by atoms with Gasteiger partial charge in [-0.05, 0) is 49.3 Å². The molecular formula is C31H42N4O6. The molecule has 1 aliphatic carbocycles.